The molecule has 1 aliphatic carbocycles. The minimum Gasteiger partial charge on any atom is -0.484 e. The Bertz CT molecular complexity index is 750. The number of ether oxygens (including phenoxy) is 1. The zero-order valence-electron chi connectivity index (χ0n) is 15.4. The van der Waals surface area contributed by atoms with Crippen molar-refractivity contribution < 1.29 is 22.3 Å². The molecule has 0 atom stereocenters. The highest BCUT2D eigenvalue weighted by Gasteiger charge is 2.22. The number of hydrogen-bond donors (Lipinski definition) is 0. The number of hydrogen-bond acceptors (Lipinski definition) is 1. The molecule has 0 aromatic heterocycles. The summed E-state index contributed by atoms with van der Waals surface area (Å²) in [7, 11) is 0. The van der Waals surface area contributed by atoms with Crippen LogP contribution in [0.4, 0.5) is 17.6 Å². The standard InChI is InChI=1S/C22H24F4O/c1-2-14-3-5-15(6-4-14)16-7-9-17(10-8-16)18-11-12-19(22(26)21(18)25)27-13-20(23)24/h7-12,14-15,20H,2-6,13H2,1H3. The Balaban J connectivity index is 1.74. The summed E-state index contributed by atoms with van der Waals surface area (Å²) in [5.74, 6) is -1.48. The minimum absolute atomic E-state index is 0.0955. The van der Waals surface area contributed by atoms with Crippen molar-refractivity contribution in [1.29, 1.82) is 0 Å². The first kappa shape index (κ1) is 19.7. The molecule has 3 rings (SSSR count). The second-order valence-electron chi connectivity index (χ2n) is 7.19. The molecule has 0 amide bonds. The Morgan fingerprint density at radius 2 is 1.59 bits per heavy atom. The van der Waals surface area contributed by atoms with Crippen molar-refractivity contribution in [2.24, 2.45) is 5.92 Å². The number of alkyl halides is 2. The first-order valence-electron chi connectivity index (χ1n) is 9.48. The van der Waals surface area contributed by atoms with Crippen LogP contribution in [-0.2, 0) is 0 Å². The molecule has 2 aromatic rings. The van der Waals surface area contributed by atoms with Crippen molar-refractivity contribution >= 4 is 0 Å². The van der Waals surface area contributed by atoms with Crippen LogP contribution < -0.4 is 4.74 Å². The highest BCUT2D eigenvalue weighted by atomic mass is 19.3. The first-order valence-corrected chi connectivity index (χ1v) is 9.48. The van der Waals surface area contributed by atoms with Gasteiger partial charge in [-0.2, -0.15) is 4.39 Å². The van der Waals surface area contributed by atoms with Gasteiger partial charge in [0.25, 0.3) is 6.43 Å². The zero-order valence-corrected chi connectivity index (χ0v) is 15.4. The largest absolute Gasteiger partial charge is 0.484 e. The van der Waals surface area contributed by atoms with E-state index in [-0.39, 0.29) is 5.56 Å². The molecule has 0 saturated heterocycles. The summed E-state index contributed by atoms with van der Waals surface area (Å²) in [6.07, 6.45) is 3.29. The lowest BCUT2D eigenvalue weighted by atomic mass is 9.77. The van der Waals surface area contributed by atoms with Crippen LogP contribution in [0, 0.1) is 17.6 Å². The smallest absolute Gasteiger partial charge is 0.272 e. The van der Waals surface area contributed by atoms with Gasteiger partial charge in [0.15, 0.2) is 11.6 Å². The van der Waals surface area contributed by atoms with Crippen molar-refractivity contribution in [2.75, 3.05) is 6.61 Å². The maximum atomic E-state index is 14.4. The lowest BCUT2D eigenvalue weighted by Crippen LogP contribution is -2.12. The number of benzene rings is 2. The minimum atomic E-state index is -2.74. The van der Waals surface area contributed by atoms with Crippen LogP contribution in [0.1, 0.15) is 50.5 Å². The van der Waals surface area contributed by atoms with E-state index in [0.717, 1.165) is 18.8 Å². The maximum absolute atomic E-state index is 14.4. The van der Waals surface area contributed by atoms with E-state index in [1.807, 2.05) is 12.1 Å². The second kappa shape index (κ2) is 8.77. The van der Waals surface area contributed by atoms with Crippen molar-refractivity contribution in [3.05, 3.63) is 53.6 Å². The van der Waals surface area contributed by atoms with Crippen LogP contribution in [0.25, 0.3) is 11.1 Å². The molecule has 146 valence electrons. The molecule has 2 aromatic carbocycles. The summed E-state index contributed by atoms with van der Waals surface area (Å²) in [6.45, 7) is 1.27. The van der Waals surface area contributed by atoms with E-state index in [4.69, 9.17) is 0 Å². The monoisotopic (exact) mass is 380 g/mol. The van der Waals surface area contributed by atoms with Crippen molar-refractivity contribution in [1.82, 2.24) is 0 Å². The van der Waals surface area contributed by atoms with Crippen LogP contribution in [-0.4, -0.2) is 13.0 Å². The molecule has 0 aliphatic heterocycles. The third-order valence-electron chi connectivity index (χ3n) is 5.53. The summed E-state index contributed by atoms with van der Waals surface area (Å²) in [4.78, 5) is 0. The molecule has 0 spiro atoms. The van der Waals surface area contributed by atoms with Gasteiger partial charge < -0.3 is 4.74 Å². The van der Waals surface area contributed by atoms with Crippen LogP contribution >= 0.6 is 0 Å². The van der Waals surface area contributed by atoms with Crippen LogP contribution in [0.15, 0.2) is 36.4 Å². The van der Waals surface area contributed by atoms with Gasteiger partial charge >= 0.3 is 0 Å². The summed E-state index contributed by atoms with van der Waals surface area (Å²) in [6, 6.07) is 10.1. The van der Waals surface area contributed by atoms with Gasteiger partial charge in [0.05, 0.1) is 0 Å². The second-order valence-corrected chi connectivity index (χ2v) is 7.19. The van der Waals surface area contributed by atoms with Crippen molar-refractivity contribution in [2.45, 2.75) is 51.4 Å². The molecule has 0 bridgehead atoms. The Hall–Kier alpha value is -2.04. The van der Waals surface area contributed by atoms with Crippen LogP contribution in [0.5, 0.6) is 5.75 Å². The molecule has 0 unspecified atom stereocenters. The van der Waals surface area contributed by atoms with E-state index in [9.17, 15) is 17.6 Å². The number of rotatable bonds is 6. The van der Waals surface area contributed by atoms with Gasteiger partial charge in [-0.3, -0.25) is 0 Å². The molecule has 0 N–H and O–H groups in total. The van der Waals surface area contributed by atoms with Gasteiger partial charge in [0, 0.05) is 5.56 Å². The Morgan fingerprint density at radius 1 is 0.926 bits per heavy atom. The Morgan fingerprint density at radius 3 is 2.19 bits per heavy atom. The zero-order chi connectivity index (χ0) is 19.4. The quantitative estimate of drug-likeness (QED) is 0.492. The Labute approximate surface area is 157 Å². The summed E-state index contributed by atoms with van der Waals surface area (Å²) in [5.41, 5.74) is 1.88. The Kier molecular flexibility index (Phi) is 6.40. The molecular formula is C22H24F4O. The lowest BCUT2D eigenvalue weighted by molar-refractivity contribution is 0.0795. The maximum Gasteiger partial charge on any atom is 0.272 e. The fourth-order valence-corrected chi connectivity index (χ4v) is 3.86. The van der Waals surface area contributed by atoms with Gasteiger partial charge in [-0.15, -0.1) is 0 Å². The molecule has 0 radical (unpaired) electrons. The third-order valence-corrected chi connectivity index (χ3v) is 5.53. The molecule has 1 saturated carbocycles. The van der Waals surface area contributed by atoms with Gasteiger partial charge in [0.1, 0.15) is 6.61 Å². The third kappa shape index (κ3) is 4.63. The predicted molar refractivity (Wildman–Crippen MR) is 98.3 cm³/mol. The van der Waals surface area contributed by atoms with Crippen molar-refractivity contribution in [3.63, 3.8) is 0 Å². The molecule has 5 heteroatoms. The molecule has 27 heavy (non-hydrogen) atoms. The normalized spacial score (nSPS) is 20.1. The highest BCUT2D eigenvalue weighted by Crippen LogP contribution is 2.38. The lowest BCUT2D eigenvalue weighted by Gasteiger charge is -2.28. The topological polar surface area (TPSA) is 9.23 Å². The van der Waals surface area contributed by atoms with Gasteiger partial charge in [-0.05, 0) is 60.8 Å². The average Bonchev–Trinajstić information content (AvgIpc) is 2.69. The fraction of sp³-hybridized carbons (Fsp3) is 0.455. The first-order chi connectivity index (χ1) is 13.0. The van der Waals surface area contributed by atoms with Crippen molar-refractivity contribution in [3.8, 4) is 16.9 Å². The van der Waals surface area contributed by atoms with E-state index in [1.54, 1.807) is 12.1 Å². The van der Waals surface area contributed by atoms with E-state index >= 15 is 0 Å². The van der Waals surface area contributed by atoms with Gasteiger partial charge in [-0.1, -0.05) is 37.6 Å². The van der Waals surface area contributed by atoms with Crippen LogP contribution in [0.2, 0.25) is 0 Å². The molecule has 1 aliphatic rings. The summed E-state index contributed by atoms with van der Waals surface area (Å²) >= 11 is 0. The van der Waals surface area contributed by atoms with E-state index in [2.05, 4.69) is 11.7 Å². The SMILES string of the molecule is CCC1CCC(c2ccc(-c3ccc(OCC(F)F)c(F)c3F)cc2)CC1. The summed E-state index contributed by atoms with van der Waals surface area (Å²) in [5, 5.41) is 0. The van der Waals surface area contributed by atoms with Gasteiger partial charge in [-0.25, -0.2) is 13.2 Å². The average molecular weight is 380 g/mol. The molecule has 1 fully saturated rings. The van der Waals surface area contributed by atoms with E-state index in [0.29, 0.717) is 11.5 Å². The molecule has 0 heterocycles. The van der Waals surface area contributed by atoms with Gasteiger partial charge in [0.2, 0.25) is 5.82 Å². The van der Waals surface area contributed by atoms with Crippen LogP contribution in [0.3, 0.4) is 0 Å². The fourth-order valence-electron chi connectivity index (χ4n) is 3.86. The number of halogens is 4. The predicted octanol–water partition coefficient (Wildman–Crippen LogP) is 6.96. The van der Waals surface area contributed by atoms with E-state index in [1.165, 1.54) is 37.0 Å². The molecule has 1 nitrogen and oxygen atoms in total. The van der Waals surface area contributed by atoms with E-state index < -0.39 is 30.4 Å². The summed E-state index contributed by atoms with van der Waals surface area (Å²) < 4.78 is 57.5. The highest BCUT2D eigenvalue weighted by molar-refractivity contribution is 5.65. The molecular weight excluding hydrogens is 356 g/mol.